The number of nitrogens with one attached hydrogen (secondary N) is 1. The zero-order valence-electron chi connectivity index (χ0n) is 12.7. The van der Waals surface area contributed by atoms with Crippen LogP contribution in [0.1, 0.15) is 58.8 Å². The van der Waals surface area contributed by atoms with E-state index in [0.29, 0.717) is 6.04 Å². The molecule has 2 aliphatic rings. The number of ether oxygens (including phenoxy) is 2. The van der Waals surface area contributed by atoms with Crippen molar-refractivity contribution in [1.29, 1.82) is 0 Å². The van der Waals surface area contributed by atoms with Crippen molar-refractivity contribution in [3.8, 4) is 0 Å². The fraction of sp³-hybridized carbons (Fsp3) is 1.00. The maximum absolute atomic E-state index is 6.30. The van der Waals surface area contributed by atoms with Gasteiger partial charge < -0.3 is 14.8 Å². The molecule has 3 heteroatoms. The molecule has 19 heavy (non-hydrogen) atoms. The molecule has 112 valence electrons. The predicted octanol–water partition coefficient (Wildman–Crippen LogP) is 3.13. The van der Waals surface area contributed by atoms with E-state index >= 15 is 0 Å². The maximum atomic E-state index is 6.30. The summed E-state index contributed by atoms with van der Waals surface area (Å²) < 4.78 is 11.9. The first-order valence-electron chi connectivity index (χ1n) is 8.27. The topological polar surface area (TPSA) is 30.5 Å². The minimum Gasteiger partial charge on any atom is -0.381 e. The first-order chi connectivity index (χ1) is 9.32. The zero-order valence-corrected chi connectivity index (χ0v) is 12.7. The van der Waals surface area contributed by atoms with Gasteiger partial charge in [0, 0.05) is 38.7 Å². The first kappa shape index (κ1) is 15.3. The van der Waals surface area contributed by atoms with Crippen molar-refractivity contribution >= 4 is 0 Å². The molecule has 1 saturated heterocycles. The van der Waals surface area contributed by atoms with E-state index in [1.807, 2.05) is 0 Å². The van der Waals surface area contributed by atoms with E-state index in [-0.39, 0.29) is 5.60 Å². The third-order valence-electron chi connectivity index (χ3n) is 4.82. The van der Waals surface area contributed by atoms with Crippen LogP contribution >= 0.6 is 0 Å². The average molecular weight is 269 g/mol. The summed E-state index contributed by atoms with van der Waals surface area (Å²) in [5.41, 5.74) is 0.0250. The fourth-order valence-electron chi connectivity index (χ4n) is 3.92. The van der Waals surface area contributed by atoms with Gasteiger partial charge in [-0.25, -0.2) is 0 Å². The van der Waals surface area contributed by atoms with Crippen molar-refractivity contribution in [1.82, 2.24) is 5.32 Å². The van der Waals surface area contributed by atoms with Crippen LogP contribution < -0.4 is 5.32 Å². The molecule has 0 amide bonds. The summed E-state index contributed by atoms with van der Waals surface area (Å²) in [7, 11) is 0. The molecule has 1 unspecified atom stereocenters. The predicted molar refractivity (Wildman–Crippen MR) is 78.4 cm³/mol. The smallest absolute Gasteiger partial charge is 0.0881 e. The SMILES string of the molecule is CCCNC(C1CCCC1)C1(OCC)CCOCC1. The van der Waals surface area contributed by atoms with Crippen LogP contribution in [-0.2, 0) is 9.47 Å². The Morgan fingerprint density at radius 3 is 2.47 bits per heavy atom. The molecule has 3 nitrogen and oxygen atoms in total. The van der Waals surface area contributed by atoms with Crippen molar-refractivity contribution < 1.29 is 9.47 Å². The third-order valence-corrected chi connectivity index (χ3v) is 4.82. The largest absolute Gasteiger partial charge is 0.381 e. The molecule has 0 spiro atoms. The van der Waals surface area contributed by atoms with E-state index in [4.69, 9.17) is 9.47 Å². The Bertz CT molecular complexity index is 240. The second-order valence-corrected chi connectivity index (χ2v) is 6.09. The lowest BCUT2D eigenvalue weighted by Gasteiger charge is -2.46. The summed E-state index contributed by atoms with van der Waals surface area (Å²) in [4.78, 5) is 0. The second kappa shape index (κ2) is 7.61. The highest BCUT2D eigenvalue weighted by Gasteiger charge is 2.45. The third kappa shape index (κ3) is 3.71. The first-order valence-corrected chi connectivity index (χ1v) is 8.27. The van der Waals surface area contributed by atoms with Crippen molar-refractivity contribution in [3.63, 3.8) is 0 Å². The van der Waals surface area contributed by atoms with Crippen molar-refractivity contribution in [2.45, 2.75) is 70.4 Å². The summed E-state index contributed by atoms with van der Waals surface area (Å²) in [5, 5.41) is 3.83. The van der Waals surface area contributed by atoms with Crippen molar-refractivity contribution in [2.75, 3.05) is 26.4 Å². The lowest BCUT2D eigenvalue weighted by molar-refractivity contribution is -0.135. The van der Waals surface area contributed by atoms with Crippen LogP contribution in [0.3, 0.4) is 0 Å². The second-order valence-electron chi connectivity index (χ2n) is 6.09. The van der Waals surface area contributed by atoms with Gasteiger partial charge in [-0.1, -0.05) is 19.8 Å². The summed E-state index contributed by atoms with van der Waals surface area (Å²) in [6.07, 6.45) is 8.84. The molecule has 0 aromatic rings. The van der Waals surface area contributed by atoms with Gasteiger partial charge in [0.2, 0.25) is 0 Å². The summed E-state index contributed by atoms with van der Waals surface area (Å²) >= 11 is 0. The van der Waals surface area contributed by atoms with Gasteiger partial charge in [0.25, 0.3) is 0 Å². The van der Waals surface area contributed by atoms with Crippen LogP contribution in [-0.4, -0.2) is 38.0 Å². The highest BCUT2D eigenvalue weighted by atomic mass is 16.5. The van der Waals surface area contributed by atoms with E-state index in [1.54, 1.807) is 0 Å². The minimum atomic E-state index is 0.0250. The Labute approximate surface area is 118 Å². The van der Waals surface area contributed by atoms with Gasteiger partial charge in [-0.15, -0.1) is 0 Å². The normalized spacial score (nSPS) is 25.6. The molecule has 1 saturated carbocycles. The van der Waals surface area contributed by atoms with Crippen LogP contribution in [0.15, 0.2) is 0 Å². The van der Waals surface area contributed by atoms with Crippen LogP contribution in [0, 0.1) is 5.92 Å². The van der Waals surface area contributed by atoms with Gasteiger partial charge in [0.15, 0.2) is 0 Å². The molecular formula is C16H31NO2. The molecule has 0 aromatic heterocycles. The van der Waals surface area contributed by atoms with Crippen LogP contribution in [0.4, 0.5) is 0 Å². The minimum absolute atomic E-state index is 0.0250. The Kier molecular flexibility index (Phi) is 6.11. The Hall–Kier alpha value is -0.120. The Morgan fingerprint density at radius 2 is 1.89 bits per heavy atom. The summed E-state index contributed by atoms with van der Waals surface area (Å²) in [6, 6.07) is 0.527. The zero-order chi connectivity index (χ0) is 13.6. The van der Waals surface area contributed by atoms with Crippen LogP contribution in [0.5, 0.6) is 0 Å². The van der Waals surface area contributed by atoms with E-state index < -0.39 is 0 Å². The average Bonchev–Trinajstić information content (AvgIpc) is 2.94. The lowest BCUT2D eigenvalue weighted by atomic mass is 9.78. The van der Waals surface area contributed by atoms with Crippen LogP contribution in [0.2, 0.25) is 0 Å². The molecule has 1 heterocycles. The molecule has 1 aliphatic heterocycles. The van der Waals surface area contributed by atoms with E-state index in [1.165, 1.54) is 32.1 Å². The van der Waals surface area contributed by atoms with Gasteiger partial charge in [-0.05, 0) is 38.6 Å². The number of rotatable bonds is 7. The molecule has 2 rings (SSSR count). The van der Waals surface area contributed by atoms with E-state index in [0.717, 1.165) is 45.1 Å². The highest BCUT2D eigenvalue weighted by Crippen LogP contribution is 2.38. The van der Waals surface area contributed by atoms with Crippen molar-refractivity contribution in [3.05, 3.63) is 0 Å². The fourth-order valence-corrected chi connectivity index (χ4v) is 3.92. The van der Waals surface area contributed by atoms with Gasteiger partial charge in [-0.2, -0.15) is 0 Å². The van der Waals surface area contributed by atoms with Crippen molar-refractivity contribution in [2.24, 2.45) is 5.92 Å². The summed E-state index contributed by atoms with van der Waals surface area (Å²) in [5.74, 6) is 0.802. The standard InChI is InChI=1S/C16H31NO2/c1-3-11-17-15(14-7-5-6-8-14)16(19-4-2)9-12-18-13-10-16/h14-15,17H,3-13H2,1-2H3. The van der Waals surface area contributed by atoms with Crippen LogP contribution in [0.25, 0.3) is 0 Å². The Balaban J connectivity index is 2.10. The molecule has 0 aromatic carbocycles. The van der Waals surface area contributed by atoms with Gasteiger partial charge in [0.1, 0.15) is 0 Å². The molecule has 1 atom stereocenters. The lowest BCUT2D eigenvalue weighted by Crippen LogP contribution is -2.58. The molecule has 1 N–H and O–H groups in total. The number of hydrogen-bond donors (Lipinski definition) is 1. The molecule has 0 radical (unpaired) electrons. The quantitative estimate of drug-likeness (QED) is 0.770. The van der Waals surface area contributed by atoms with Gasteiger partial charge >= 0.3 is 0 Å². The molecule has 0 bridgehead atoms. The van der Waals surface area contributed by atoms with Gasteiger partial charge in [-0.3, -0.25) is 0 Å². The highest BCUT2D eigenvalue weighted by molar-refractivity contribution is 4.99. The summed E-state index contributed by atoms with van der Waals surface area (Å²) in [6.45, 7) is 8.01. The van der Waals surface area contributed by atoms with Gasteiger partial charge in [0.05, 0.1) is 5.60 Å². The maximum Gasteiger partial charge on any atom is 0.0881 e. The number of hydrogen-bond acceptors (Lipinski definition) is 3. The molecule has 2 fully saturated rings. The monoisotopic (exact) mass is 269 g/mol. The molecule has 1 aliphatic carbocycles. The Morgan fingerprint density at radius 1 is 1.21 bits per heavy atom. The molecular weight excluding hydrogens is 238 g/mol. The van der Waals surface area contributed by atoms with E-state index in [9.17, 15) is 0 Å². The van der Waals surface area contributed by atoms with E-state index in [2.05, 4.69) is 19.2 Å².